The van der Waals surface area contributed by atoms with Crippen LogP contribution in [0.5, 0.6) is 0 Å². The lowest BCUT2D eigenvalue weighted by molar-refractivity contribution is -0.156. The number of thiazole rings is 1. The second-order valence-electron chi connectivity index (χ2n) is 8.62. The summed E-state index contributed by atoms with van der Waals surface area (Å²) in [6.45, 7) is 5.82. The minimum absolute atomic E-state index is 0.158. The van der Waals surface area contributed by atoms with E-state index in [1.54, 1.807) is 6.20 Å². The molecule has 0 N–H and O–H groups in total. The number of aryl methyl sites for hydroxylation is 1. The topological polar surface area (TPSA) is 67.2 Å². The monoisotopic (exact) mass is 416 g/mol. The first-order valence-corrected chi connectivity index (χ1v) is 11.5. The predicted octanol–water partition coefficient (Wildman–Crippen LogP) is 2.31. The number of morpholine rings is 1. The SMILES string of the molecule is Cc1cn2c(=O)c(C(=O)N3CCO[C@@]4(CCCC[C@@H]4N4CCCC4)C3)cnc2s1. The molecule has 3 aliphatic rings. The van der Waals surface area contributed by atoms with Crippen molar-refractivity contribution < 1.29 is 9.53 Å². The molecule has 1 saturated carbocycles. The molecule has 8 heteroatoms. The highest BCUT2D eigenvalue weighted by Gasteiger charge is 2.49. The Balaban J connectivity index is 1.43. The number of fused-ring (bicyclic) bond motifs is 1. The van der Waals surface area contributed by atoms with Gasteiger partial charge in [-0.25, -0.2) is 4.98 Å². The zero-order valence-electron chi connectivity index (χ0n) is 16.9. The van der Waals surface area contributed by atoms with E-state index in [1.807, 2.05) is 11.8 Å². The van der Waals surface area contributed by atoms with E-state index in [4.69, 9.17) is 4.74 Å². The number of hydrogen-bond donors (Lipinski definition) is 0. The van der Waals surface area contributed by atoms with Crippen LogP contribution in [-0.4, -0.2) is 69.5 Å². The van der Waals surface area contributed by atoms with Crippen LogP contribution in [0.25, 0.3) is 4.96 Å². The van der Waals surface area contributed by atoms with E-state index in [2.05, 4.69) is 9.88 Å². The molecular formula is C21H28N4O3S. The normalized spacial score (nSPS) is 28.4. The highest BCUT2D eigenvalue weighted by molar-refractivity contribution is 7.16. The molecule has 0 aromatic carbocycles. The maximum atomic E-state index is 13.3. The van der Waals surface area contributed by atoms with Gasteiger partial charge in [0.15, 0.2) is 4.96 Å². The summed E-state index contributed by atoms with van der Waals surface area (Å²) in [6, 6.07) is 0.371. The van der Waals surface area contributed by atoms with Crippen LogP contribution in [0.2, 0.25) is 0 Å². The van der Waals surface area contributed by atoms with Crippen LogP contribution in [-0.2, 0) is 4.74 Å². The smallest absolute Gasteiger partial charge is 0.271 e. The molecule has 3 fully saturated rings. The summed E-state index contributed by atoms with van der Waals surface area (Å²) in [5.41, 5.74) is -0.418. The summed E-state index contributed by atoms with van der Waals surface area (Å²) in [5, 5.41) is 0. The van der Waals surface area contributed by atoms with E-state index >= 15 is 0 Å². The van der Waals surface area contributed by atoms with Crippen LogP contribution in [0.15, 0.2) is 17.2 Å². The molecule has 4 heterocycles. The fraction of sp³-hybridized carbons (Fsp3) is 0.667. The lowest BCUT2D eigenvalue weighted by Crippen LogP contribution is -2.64. The Labute approximate surface area is 174 Å². The van der Waals surface area contributed by atoms with Gasteiger partial charge in [0.1, 0.15) is 11.2 Å². The van der Waals surface area contributed by atoms with Gasteiger partial charge in [-0.15, -0.1) is 11.3 Å². The van der Waals surface area contributed by atoms with Crippen molar-refractivity contribution in [2.75, 3.05) is 32.8 Å². The van der Waals surface area contributed by atoms with Gasteiger partial charge in [-0.1, -0.05) is 12.8 Å². The third kappa shape index (κ3) is 3.31. The quantitative estimate of drug-likeness (QED) is 0.752. The van der Waals surface area contributed by atoms with Crippen LogP contribution < -0.4 is 5.56 Å². The summed E-state index contributed by atoms with van der Waals surface area (Å²) in [6.07, 6.45) is 10.2. The molecule has 2 aromatic heterocycles. The highest BCUT2D eigenvalue weighted by atomic mass is 32.1. The first-order chi connectivity index (χ1) is 14.1. The molecule has 1 aliphatic carbocycles. The molecule has 1 amide bonds. The van der Waals surface area contributed by atoms with Gasteiger partial charge in [0, 0.05) is 29.9 Å². The van der Waals surface area contributed by atoms with Crippen molar-refractivity contribution in [3.63, 3.8) is 0 Å². The van der Waals surface area contributed by atoms with Gasteiger partial charge < -0.3 is 9.64 Å². The Hall–Kier alpha value is -1.77. The van der Waals surface area contributed by atoms with Gasteiger partial charge in [0.2, 0.25) is 0 Å². The zero-order chi connectivity index (χ0) is 20.0. The summed E-state index contributed by atoms with van der Waals surface area (Å²) in [7, 11) is 0. The minimum Gasteiger partial charge on any atom is -0.370 e. The van der Waals surface area contributed by atoms with Gasteiger partial charge in [-0.3, -0.25) is 18.9 Å². The minimum atomic E-state index is -0.302. The van der Waals surface area contributed by atoms with Crippen molar-refractivity contribution in [2.45, 2.75) is 57.1 Å². The molecule has 29 heavy (non-hydrogen) atoms. The number of likely N-dealkylation sites (tertiary alicyclic amines) is 1. The van der Waals surface area contributed by atoms with Gasteiger partial charge >= 0.3 is 0 Å². The second kappa shape index (κ2) is 7.49. The molecule has 1 spiro atoms. The van der Waals surface area contributed by atoms with Crippen molar-refractivity contribution >= 4 is 22.2 Å². The summed E-state index contributed by atoms with van der Waals surface area (Å²) in [5.74, 6) is -0.214. The number of carbonyl (C=O) groups is 1. The number of amides is 1. The van der Waals surface area contributed by atoms with E-state index in [-0.39, 0.29) is 22.6 Å². The number of rotatable bonds is 2. The Morgan fingerprint density at radius 2 is 2.07 bits per heavy atom. The van der Waals surface area contributed by atoms with Crippen LogP contribution in [0.1, 0.15) is 53.8 Å². The third-order valence-electron chi connectivity index (χ3n) is 6.77. The van der Waals surface area contributed by atoms with E-state index in [1.165, 1.54) is 41.2 Å². The molecule has 0 bridgehead atoms. The molecule has 2 atom stereocenters. The highest BCUT2D eigenvalue weighted by Crippen LogP contribution is 2.39. The van der Waals surface area contributed by atoms with Crippen LogP contribution >= 0.6 is 11.3 Å². The van der Waals surface area contributed by atoms with Crippen molar-refractivity contribution in [2.24, 2.45) is 0 Å². The van der Waals surface area contributed by atoms with Crippen LogP contribution in [0.3, 0.4) is 0 Å². The van der Waals surface area contributed by atoms with Crippen molar-refractivity contribution in [3.05, 3.63) is 33.2 Å². The maximum Gasteiger partial charge on any atom is 0.271 e. The first-order valence-electron chi connectivity index (χ1n) is 10.7. The lowest BCUT2D eigenvalue weighted by atomic mass is 9.78. The molecule has 156 valence electrons. The average molecular weight is 417 g/mol. The first kappa shape index (κ1) is 19.2. The van der Waals surface area contributed by atoms with Crippen LogP contribution in [0.4, 0.5) is 0 Å². The lowest BCUT2D eigenvalue weighted by Gasteiger charge is -2.52. The molecule has 5 rings (SSSR count). The third-order valence-corrected chi connectivity index (χ3v) is 7.68. The Kier molecular flexibility index (Phi) is 4.96. The van der Waals surface area contributed by atoms with Gasteiger partial charge in [0.25, 0.3) is 11.5 Å². The molecule has 0 radical (unpaired) electrons. The van der Waals surface area contributed by atoms with E-state index in [0.29, 0.717) is 30.7 Å². The predicted molar refractivity (Wildman–Crippen MR) is 112 cm³/mol. The fourth-order valence-corrected chi connectivity index (χ4v) is 6.19. The average Bonchev–Trinajstić information content (AvgIpc) is 3.38. The number of hydrogen-bond acceptors (Lipinski definition) is 6. The molecule has 7 nitrogen and oxygen atoms in total. The summed E-state index contributed by atoms with van der Waals surface area (Å²) < 4.78 is 7.92. The molecule has 2 saturated heterocycles. The van der Waals surface area contributed by atoms with Crippen LogP contribution in [0, 0.1) is 6.92 Å². The van der Waals surface area contributed by atoms with Gasteiger partial charge in [-0.2, -0.15) is 0 Å². The Morgan fingerprint density at radius 1 is 1.24 bits per heavy atom. The van der Waals surface area contributed by atoms with Crippen molar-refractivity contribution in [1.29, 1.82) is 0 Å². The zero-order valence-corrected chi connectivity index (χ0v) is 17.7. The van der Waals surface area contributed by atoms with Gasteiger partial charge in [0.05, 0.1) is 13.2 Å². The molecule has 2 aliphatic heterocycles. The second-order valence-corrected chi connectivity index (χ2v) is 9.83. The van der Waals surface area contributed by atoms with Gasteiger partial charge in [-0.05, 0) is 45.7 Å². The molecular weight excluding hydrogens is 388 g/mol. The Bertz CT molecular complexity index is 976. The maximum absolute atomic E-state index is 13.3. The van der Waals surface area contributed by atoms with E-state index in [9.17, 15) is 9.59 Å². The Morgan fingerprint density at radius 3 is 2.90 bits per heavy atom. The summed E-state index contributed by atoms with van der Waals surface area (Å²) >= 11 is 1.46. The van der Waals surface area contributed by atoms with E-state index < -0.39 is 0 Å². The number of nitrogens with zero attached hydrogens (tertiary/aromatic N) is 4. The summed E-state index contributed by atoms with van der Waals surface area (Å²) in [4.78, 5) is 36.6. The number of ether oxygens (including phenoxy) is 1. The standard InChI is InChI=1S/C21H28N4O3S/c1-15-13-25-19(27)16(12-22-20(25)29-15)18(26)24-10-11-28-21(14-24)7-3-2-6-17(21)23-8-4-5-9-23/h12-13,17H,2-11,14H2,1H3/t17-,21-/m0/s1. The van der Waals surface area contributed by atoms with Crippen molar-refractivity contribution in [1.82, 2.24) is 19.2 Å². The van der Waals surface area contributed by atoms with E-state index in [0.717, 1.165) is 37.2 Å². The molecule has 0 unspecified atom stereocenters. The van der Waals surface area contributed by atoms with Crippen molar-refractivity contribution in [3.8, 4) is 0 Å². The fourth-order valence-electron chi connectivity index (χ4n) is 5.41. The number of carbonyl (C=O) groups excluding carboxylic acids is 1. The number of aromatic nitrogens is 2. The largest absolute Gasteiger partial charge is 0.370 e. The molecule has 2 aromatic rings.